The number of benzene rings is 1. The summed E-state index contributed by atoms with van der Waals surface area (Å²) < 4.78 is 6.18. The van der Waals surface area contributed by atoms with Crippen molar-refractivity contribution in [2.24, 2.45) is 11.7 Å². The first-order valence-corrected chi connectivity index (χ1v) is 9.63. The fraction of sp³-hybridized carbons (Fsp3) is 0.474. The molecule has 0 amide bonds. The summed E-state index contributed by atoms with van der Waals surface area (Å²) in [4.78, 5) is 16.8. The van der Waals surface area contributed by atoms with E-state index in [9.17, 15) is 4.79 Å². The van der Waals surface area contributed by atoms with Gasteiger partial charge in [0, 0.05) is 22.1 Å². The van der Waals surface area contributed by atoms with E-state index in [0.717, 1.165) is 53.3 Å². The van der Waals surface area contributed by atoms with Crippen LogP contribution in [0.3, 0.4) is 0 Å². The van der Waals surface area contributed by atoms with Crippen LogP contribution in [0, 0.1) is 5.92 Å². The van der Waals surface area contributed by atoms with Gasteiger partial charge in [-0.2, -0.15) is 0 Å². The van der Waals surface area contributed by atoms with Crippen LogP contribution in [-0.4, -0.2) is 30.1 Å². The minimum atomic E-state index is -0.338. The second-order valence-corrected chi connectivity index (χ2v) is 7.44. The van der Waals surface area contributed by atoms with Gasteiger partial charge in [0.05, 0.1) is 17.8 Å². The normalized spacial score (nSPS) is 20.4. The Labute approximate surface area is 156 Å². The molecule has 1 aliphatic carbocycles. The number of pyridine rings is 1. The third kappa shape index (κ3) is 4.12. The van der Waals surface area contributed by atoms with Crippen LogP contribution in [0.15, 0.2) is 28.9 Å². The summed E-state index contributed by atoms with van der Waals surface area (Å²) in [5, 5.41) is 4.53. The average Bonchev–Trinajstić information content (AvgIpc) is 2.63. The van der Waals surface area contributed by atoms with Crippen LogP contribution in [-0.2, 0) is 4.74 Å². The standard InChI is InChI=1S/C19H24BrN3O2/c1-2-25-19(24)16-11-22-17-8-5-13(20)9-15(17)18(16)23-14-6-3-12(10-21)4-7-14/h5,8-9,11-12,14H,2-4,6-7,10,21H2,1H3,(H,22,23). The van der Waals surface area contributed by atoms with Crippen LogP contribution in [0.25, 0.3) is 10.9 Å². The van der Waals surface area contributed by atoms with Crippen LogP contribution in [0.5, 0.6) is 0 Å². The van der Waals surface area contributed by atoms with Crippen molar-refractivity contribution in [1.29, 1.82) is 0 Å². The maximum Gasteiger partial charge on any atom is 0.341 e. The van der Waals surface area contributed by atoms with Gasteiger partial charge in [-0.05, 0) is 63.3 Å². The lowest BCUT2D eigenvalue weighted by Gasteiger charge is -2.30. The lowest BCUT2D eigenvalue weighted by molar-refractivity contribution is 0.0527. The molecule has 1 aromatic heterocycles. The number of nitrogens with one attached hydrogen (secondary N) is 1. The Bertz CT molecular complexity index is 758. The molecule has 0 spiro atoms. The van der Waals surface area contributed by atoms with Crippen molar-refractivity contribution in [2.45, 2.75) is 38.6 Å². The largest absolute Gasteiger partial charge is 0.462 e. The number of fused-ring (bicyclic) bond motifs is 1. The van der Waals surface area contributed by atoms with Crippen LogP contribution < -0.4 is 11.1 Å². The van der Waals surface area contributed by atoms with E-state index in [2.05, 4.69) is 26.2 Å². The smallest absolute Gasteiger partial charge is 0.341 e. The van der Waals surface area contributed by atoms with Crippen molar-refractivity contribution in [2.75, 3.05) is 18.5 Å². The highest BCUT2D eigenvalue weighted by Gasteiger charge is 2.23. The molecule has 6 heteroatoms. The monoisotopic (exact) mass is 405 g/mol. The summed E-state index contributed by atoms with van der Waals surface area (Å²) in [6.45, 7) is 2.91. The molecule has 0 aliphatic heterocycles. The Morgan fingerprint density at radius 2 is 2.12 bits per heavy atom. The molecule has 5 nitrogen and oxygen atoms in total. The van der Waals surface area contributed by atoms with Gasteiger partial charge in [0.15, 0.2) is 0 Å². The Morgan fingerprint density at radius 1 is 1.36 bits per heavy atom. The number of ether oxygens (including phenoxy) is 1. The zero-order chi connectivity index (χ0) is 17.8. The molecule has 134 valence electrons. The van der Waals surface area contributed by atoms with E-state index in [1.807, 2.05) is 25.1 Å². The molecule has 0 radical (unpaired) electrons. The van der Waals surface area contributed by atoms with Gasteiger partial charge < -0.3 is 15.8 Å². The van der Waals surface area contributed by atoms with Crippen molar-refractivity contribution in [3.63, 3.8) is 0 Å². The number of nitrogens with two attached hydrogens (primary N) is 1. The van der Waals surface area contributed by atoms with Crippen molar-refractivity contribution in [1.82, 2.24) is 4.98 Å². The second-order valence-electron chi connectivity index (χ2n) is 6.53. The lowest BCUT2D eigenvalue weighted by atomic mass is 9.86. The Hall–Kier alpha value is -1.66. The molecular formula is C19H24BrN3O2. The molecule has 0 saturated heterocycles. The zero-order valence-electron chi connectivity index (χ0n) is 14.4. The molecule has 1 heterocycles. The van der Waals surface area contributed by atoms with E-state index in [4.69, 9.17) is 10.5 Å². The van der Waals surface area contributed by atoms with Crippen LogP contribution in [0.2, 0.25) is 0 Å². The third-order valence-corrected chi connectivity index (χ3v) is 5.35. The second kappa shape index (κ2) is 8.15. The molecule has 0 unspecified atom stereocenters. The number of carbonyl (C=O) groups excluding carboxylic acids is 1. The first kappa shape index (κ1) is 18.1. The topological polar surface area (TPSA) is 77.2 Å². The van der Waals surface area contributed by atoms with E-state index in [-0.39, 0.29) is 5.97 Å². The summed E-state index contributed by atoms with van der Waals surface area (Å²) >= 11 is 3.52. The maximum atomic E-state index is 12.4. The van der Waals surface area contributed by atoms with Crippen LogP contribution >= 0.6 is 15.9 Å². The van der Waals surface area contributed by atoms with E-state index < -0.39 is 0 Å². The number of aromatic nitrogens is 1. The number of anilines is 1. The summed E-state index contributed by atoms with van der Waals surface area (Å²) in [7, 11) is 0. The number of halogens is 1. The first-order chi connectivity index (χ1) is 12.1. The predicted octanol–water partition coefficient (Wildman–Crippen LogP) is 4.10. The zero-order valence-corrected chi connectivity index (χ0v) is 16.0. The third-order valence-electron chi connectivity index (χ3n) is 4.85. The predicted molar refractivity (Wildman–Crippen MR) is 104 cm³/mol. The number of rotatable bonds is 5. The molecule has 3 N–H and O–H groups in total. The number of nitrogens with zero attached hydrogens (tertiary/aromatic N) is 1. The van der Waals surface area contributed by atoms with Gasteiger partial charge >= 0.3 is 5.97 Å². The molecular weight excluding hydrogens is 382 g/mol. The number of hydrogen-bond donors (Lipinski definition) is 2. The van der Waals surface area contributed by atoms with Gasteiger partial charge in [-0.1, -0.05) is 15.9 Å². The summed E-state index contributed by atoms with van der Waals surface area (Å²) in [6.07, 6.45) is 5.97. The van der Waals surface area contributed by atoms with Crippen LogP contribution in [0.4, 0.5) is 5.69 Å². The van der Waals surface area contributed by atoms with Crippen molar-refractivity contribution < 1.29 is 9.53 Å². The highest BCUT2D eigenvalue weighted by molar-refractivity contribution is 9.10. The molecule has 0 atom stereocenters. The molecule has 1 aliphatic rings. The minimum Gasteiger partial charge on any atom is -0.462 e. The van der Waals surface area contributed by atoms with Crippen LogP contribution in [0.1, 0.15) is 43.0 Å². The van der Waals surface area contributed by atoms with E-state index in [1.165, 1.54) is 0 Å². The maximum absolute atomic E-state index is 12.4. The van der Waals surface area contributed by atoms with Gasteiger partial charge in [-0.25, -0.2) is 4.79 Å². The van der Waals surface area contributed by atoms with E-state index >= 15 is 0 Å². The van der Waals surface area contributed by atoms with Gasteiger partial charge in [0.25, 0.3) is 0 Å². The van der Waals surface area contributed by atoms with E-state index in [1.54, 1.807) is 6.20 Å². The number of esters is 1. The molecule has 2 aromatic rings. The highest BCUT2D eigenvalue weighted by Crippen LogP contribution is 2.32. The van der Waals surface area contributed by atoms with Crippen molar-refractivity contribution in [3.05, 3.63) is 34.4 Å². The first-order valence-electron chi connectivity index (χ1n) is 8.84. The SMILES string of the molecule is CCOC(=O)c1cnc2ccc(Br)cc2c1NC1CCC(CN)CC1. The summed E-state index contributed by atoms with van der Waals surface area (Å²) in [6, 6.07) is 6.24. The summed E-state index contributed by atoms with van der Waals surface area (Å²) in [5.74, 6) is 0.279. The van der Waals surface area contributed by atoms with Crippen molar-refractivity contribution in [3.8, 4) is 0 Å². The molecule has 3 rings (SSSR count). The molecule has 1 aromatic carbocycles. The fourth-order valence-electron chi connectivity index (χ4n) is 3.43. The summed E-state index contributed by atoms with van der Waals surface area (Å²) in [5.41, 5.74) is 7.96. The van der Waals surface area contributed by atoms with Crippen molar-refractivity contribution >= 4 is 38.5 Å². The number of carbonyl (C=O) groups is 1. The average molecular weight is 406 g/mol. The molecule has 1 fully saturated rings. The Balaban J connectivity index is 1.96. The molecule has 0 bridgehead atoms. The van der Waals surface area contributed by atoms with Gasteiger partial charge in [0.1, 0.15) is 5.56 Å². The Morgan fingerprint density at radius 3 is 2.80 bits per heavy atom. The highest BCUT2D eigenvalue weighted by atomic mass is 79.9. The van der Waals surface area contributed by atoms with E-state index in [0.29, 0.717) is 24.1 Å². The van der Waals surface area contributed by atoms with Gasteiger partial charge in [0.2, 0.25) is 0 Å². The molecule has 1 saturated carbocycles. The number of hydrogen-bond acceptors (Lipinski definition) is 5. The van der Waals surface area contributed by atoms with Gasteiger partial charge in [-0.3, -0.25) is 4.98 Å². The minimum absolute atomic E-state index is 0.334. The van der Waals surface area contributed by atoms with Gasteiger partial charge in [-0.15, -0.1) is 0 Å². The Kier molecular flexibility index (Phi) is 5.91. The quantitative estimate of drug-likeness (QED) is 0.731. The molecule has 25 heavy (non-hydrogen) atoms. The lowest BCUT2D eigenvalue weighted by Crippen LogP contribution is -2.29. The fourth-order valence-corrected chi connectivity index (χ4v) is 3.79.